The number of aromatic nitrogens is 5. The normalized spacial score (nSPS) is 15.6. The van der Waals surface area contributed by atoms with Crippen LogP contribution in [0.4, 0.5) is 0 Å². The van der Waals surface area contributed by atoms with Gasteiger partial charge in [0.05, 0.1) is 29.2 Å². The molecule has 0 saturated heterocycles. The third kappa shape index (κ3) is 2.92. The van der Waals surface area contributed by atoms with Gasteiger partial charge in [-0.3, -0.25) is 14.3 Å². The van der Waals surface area contributed by atoms with Gasteiger partial charge in [0.15, 0.2) is 0 Å². The summed E-state index contributed by atoms with van der Waals surface area (Å²) in [6.45, 7) is 5.08. The summed E-state index contributed by atoms with van der Waals surface area (Å²) in [7, 11) is 1.81. The van der Waals surface area contributed by atoms with E-state index in [0.717, 1.165) is 49.0 Å². The van der Waals surface area contributed by atoms with E-state index in [4.69, 9.17) is 5.26 Å². The number of nitrogens with one attached hydrogen (secondary N) is 1. The third-order valence-corrected chi connectivity index (χ3v) is 4.90. The lowest BCUT2D eigenvalue weighted by atomic mass is 10.1. The van der Waals surface area contributed by atoms with Gasteiger partial charge in [0, 0.05) is 44.3 Å². The van der Waals surface area contributed by atoms with Crippen LogP contribution in [-0.4, -0.2) is 41.1 Å². The highest BCUT2D eigenvalue weighted by atomic mass is 16.3. The number of nitriles is 1. The van der Waals surface area contributed by atoms with Gasteiger partial charge in [-0.2, -0.15) is 15.5 Å². The minimum absolute atomic E-state index is 0.646. The van der Waals surface area contributed by atoms with Crippen LogP contribution in [0.5, 0.6) is 0 Å². The van der Waals surface area contributed by atoms with Gasteiger partial charge < -0.3 is 10.1 Å². The van der Waals surface area contributed by atoms with Crippen LogP contribution in [0.3, 0.4) is 0 Å². The minimum atomic E-state index is -0.779. The molecule has 0 amide bonds. The Morgan fingerprint density at radius 1 is 1.38 bits per heavy atom. The molecule has 0 fully saturated rings. The number of hydrogen-bond donors (Lipinski definition) is 2. The van der Waals surface area contributed by atoms with Crippen molar-refractivity contribution in [2.75, 3.05) is 6.54 Å². The predicted molar refractivity (Wildman–Crippen MR) is 93.9 cm³/mol. The van der Waals surface area contributed by atoms with Crippen LogP contribution in [0, 0.1) is 18.3 Å². The molecule has 3 aromatic rings. The molecule has 0 saturated carbocycles. The van der Waals surface area contributed by atoms with Crippen molar-refractivity contribution < 1.29 is 5.11 Å². The highest BCUT2D eigenvalue weighted by molar-refractivity contribution is 5.36. The van der Waals surface area contributed by atoms with E-state index in [0.29, 0.717) is 11.3 Å². The van der Waals surface area contributed by atoms with Gasteiger partial charge in [-0.1, -0.05) is 0 Å². The number of aryl methyl sites for hydroxylation is 2. The molecule has 0 bridgehead atoms. The van der Waals surface area contributed by atoms with E-state index in [9.17, 15) is 5.11 Å². The molecule has 1 atom stereocenters. The second-order valence-electron chi connectivity index (χ2n) is 6.72. The number of aliphatic hydroxyl groups excluding tert-OH is 1. The number of hydrogen-bond acceptors (Lipinski definition) is 5. The lowest BCUT2D eigenvalue weighted by molar-refractivity contribution is 0.195. The molecule has 8 heteroatoms. The average molecular weight is 351 g/mol. The predicted octanol–water partition coefficient (Wildman–Crippen LogP) is 1.22. The summed E-state index contributed by atoms with van der Waals surface area (Å²) < 4.78 is 3.63. The van der Waals surface area contributed by atoms with Gasteiger partial charge in [-0.05, 0) is 25.1 Å². The number of aromatic amines is 1. The topological polar surface area (TPSA) is 98.7 Å². The lowest BCUT2D eigenvalue weighted by Crippen LogP contribution is -2.33. The average Bonchev–Trinajstić information content (AvgIpc) is 3.32. The minimum Gasteiger partial charge on any atom is -0.380 e. The van der Waals surface area contributed by atoms with E-state index in [-0.39, 0.29) is 0 Å². The Bertz CT molecular complexity index is 974. The maximum atomic E-state index is 10.6. The van der Waals surface area contributed by atoms with Crippen LogP contribution in [0.1, 0.15) is 40.1 Å². The van der Waals surface area contributed by atoms with Gasteiger partial charge in [-0.15, -0.1) is 0 Å². The van der Waals surface area contributed by atoms with Crippen LogP contribution in [0.25, 0.3) is 0 Å². The fourth-order valence-electron chi connectivity index (χ4n) is 3.48. The fraction of sp³-hybridized carbons (Fsp3) is 0.389. The van der Waals surface area contributed by atoms with Crippen molar-refractivity contribution in [3.63, 3.8) is 0 Å². The van der Waals surface area contributed by atoms with Gasteiger partial charge in [0.2, 0.25) is 0 Å². The highest BCUT2D eigenvalue weighted by Crippen LogP contribution is 2.24. The molecule has 0 aromatic carbocycles. The lowest BCUT2D eigenvalue weighted by Gasteiger charge is -2.26. The van der Waals surface area contributed by atoms with Crippen LogP contribution < -0.4 is 0 Å². The number of fused-ring (bicyclic) bond motifs is 1. The van der Waals surface area contributed by atoms with Crippen molar-refractivity contribution in [1.82, 2.24) is 29.4 Å². The van der Waals surface area contributed by atoms with Gasteiger partial charge in [-0.25, -0.2) is 0 Å². The molecule has 1 unspecified atom stereocenters. The Hall–Kier alpha value is -2.89. The van der Waals surface area contributed by atoms with E-state index in [1.807, 2.05) is 30.8 Å². The Kier molecular flexibility index (Phi) is 4.11. The molecule has 4 heterocycles. The van der Waals surface area contributed by atoms with Gasteiger partial charge in [0.1, 0.15) is 12.2 Å². The van der Waals surface area contributed by atoms with Crippen LogP contribution in [-0.2, 0) is 26.7 Å². The van der Waals surface area contributed by atoms with Crippen molar-refractivity contribution in [2.24, 2.45) is 7.05 Å². The third-order valence-electron chi connectivity index (χ3n) is 4.90. The molecule has 0 radical (unpaired) electrons. The van der Waals surface area contributed by atoms with Crippen LogP contribution in [0.2, 0.25) is 0 Å². The molecular weight excluding hydrogens is 330 g/mol. The standard InChI is InChI=1S/C18H21N7O/c1-12-13(9-19)7-14(21-12)10-24-5-6-25-15(11-24)8-16(22-25)18(26)17-3-4-20-23(17)2/h3-4,7-8,18,21,26H,5-6,10-11H2,1-2H3. The first-order valence-corrected chi connectivity index (χ1v) is 8.58. The molecular formula is C18H21N7O. The first-order valence-electron chi connectivity index (χ1n) is 8.58. The molecule has 1 aliphatic rings. The summed E-state index contributed by atoms with van der Waals surface area (Å²) in [5.74, 6) is 0. The summed E-state index contributed by atoms with van der Waals surface area (Å²) >= 11 is 0. The smallest absolute Gasteiger partial charge is 0.139 e. The summed E-state index contributed by atoms with van der Waals surface area (Å²) in [5.41, 5.74) is 5.10. The molecule has 0 aliphatic carbocycles. The molecule has 0 spiro atoms. The molecule has 2 N–H and O–H groups in total. The number of nitrogens with zero attached hydrogens (tertiary/aromatic N) is 6. The Balaban J connectivity index is 1.50. The van der Waals surface area contributed by atoms with Crippen molar-refractivity contribution in [3.8, 4) is 6.07 Å². The first kappa shape index (κ1) is 16.6. The van der Waals surface area contributed by atoms with Crippen molar-refractivity contribution in [2.45, 2.75) is 32.7 Å². The number of rotatable bonds is 4. The second-order valence-corrected chi connectivity index (χ2v) is 6.72. The highest BCUT2D eigenvalue weighted by Gasteiger charge is 2.23. The Morgan fingerprint density at radius 3 is 2.92 bits per heavy atom. The maximum absolute atomic E-state index is 10.6. The zero-order chi connectivity index (χ0) is 18.3. The van der Waals surface area contributed by atoms with E-state index < -0.39 is 6.10 Å². The van der Waals surface area contributed by atoms with E-state index in [1.54, 1.807) is 16.9 Å². The largest absolute Gasteiger partial charge is 0.380 e. The van der Waals surface area contributed by atoms with E-state index in [1.165, 1.54) is 0 Å². The van der Waals surface area contributed by atoms with Gasteiger partial charge in [0.25, 0.3) is 0 Å². The molecule has 26 heavy (non-hydrogen) atoms. The molecule has 3 aromatic heterocycles. The monoisotopic (exact) mass is 351 g/mol. The summed E-state index contributed by atoms with van der Waals surface area (Å²) in [4.78, 5) is 5.59. The first-order chi connectivity index (χ1) is 12.5. The quantitative estimate of drug-likeness (QED) is 0.736. The SMILES string of the molecule is Cc1[nH]c(CN2CCn3nc(C(O)c4ccnn4C)cc3C2)cc1C#N. The van der Waals surface area contributed by atoms with Crippen LogP contribution >= 0.6 is 0 Å². The summed E-state index contributed by atoms with van der Waals surface area (Å²) in [6, 6.07) is 7.88. The molecule has 1 aliphatic heterocycles. The van der Waals surface area contributed by atoms with E-state index >= 15 is 0 Å². The van der Waals surface area contributed by atoms with Crippen molar-refractivity contribution >= 4 is 0 Å². The fourth-order valence-corrected chi connectivity index (χ4v) is 3.48. The Labute approximate surface area is 151 Å². The van der Waals surface area contributed by atoms with E-state index in [2.05, 4.69) is 26.2 Å². The molecule has 8 nitrogen and oxygen atoms in total. The second kappa shape index (κ2) is 6.44. The summed E-state index contributed by atoms with van der Waals surface area (Å²) in [6.07, 6.45) is 0.891. The number of H-pyrrole nitrogens is 1. The maximum Gasteiger partial charge on any atom is 0.139 e. The van der Waals surface area contributed by atoms with Crippen molar-refractivity contribution in [3.05, 3.63) is 58.4 Å². The zero-order valence-corrected chi connectivity index (χ0v) is 14.8. The summed E-state index contributed by atoms with van der Waals surface area (Å²) in [5, 5.41) is 28.4. The number of aliphatic hydroxyl groups is 1. The van der Waals surface area contributed by atoms with Crippen molar-refractivity contribution in [1.29, 1.82) is 5.26 Å². The molecule has 134 valence electrons. The van der Waals surface area contributed by atoms with Gasteiger partial charge >= 0.3 is 0 Å². The molecule has 4 rings (SSSR count). The Morgan fingerprint density at radius 2 is 2.23 bits per heavy atom. The zero-order valence-electron chi connectivity index (χ0n) is 14.8. The van der Waals surface area contributed by atoms with Crippen LogP contribution in [0.15, 0.2) is 24.4 Å².